The van der Waals surface area contributed by atoms with Crippen LogP contribution in [0.1, 0.15) is 0 Å². The van der Waals surface area contributed by atoms with E-state index >= 15 is 0 Å². The predicted octanol–water partition coefficient (Wildman–Crippen LogP) is -0.302. The molecule has 0 aliphatic carbocycles. The lowest BCUT2D eigenvalue weighted by Gasteiger charge is -1.91. The van der Waals surface area contributed by atoms with Crippen LogP contribution in [-0.2, 0) is 0 Å². The minimum absolute atomic E-state index is 0.602. The van der Waals surface area contributed by atoms with E-state index in [0.717, 1.165) is 0 Å². The van der Waals surface area contributed by atoms with Gasteiger partial charge in [-0.15, -0.1) is 0 Å². The van der Waals surface area contributed by atoms with Crippen LogP contribution in [-0.4, -0.2) is 39.2 Å². The van der Waals surface area contributed by atoms with E-state index < -0.39 is 14.0 Å². The normalized spacial score (nSPS) is 15.3. The SMILES string of the molecule is O=C(O)[Si]1=CC=C[Si]=C1. The number of rotatable bonds is 1. The first-order valence-electron chi connectivity index (χ1n) is 2.50. The Kier molecular flexibility index (Phi) is 2.02. The fraction of sp³-hybridized carbons (Fsp3) is 0. The summed E-state index contributed by atoms with van der Waals surface area (Å²) < 4.78 is 0. The van der Waals surface area contributed by atoms with Gasteiger partial charge in [0.2, 0.25) is 0 Å². The van der Waals surface area contributed by atoms with E-state index in [9.17, 15) is 4.79 Å². The van der Waals surface area contributed by atoms with Crippen molar-refractivity contribution in [2.75, 3.05) is 0 Å². The van der Waals surface area contributed by atoms with Crippen LogP contribution in [0.25, 0.3) is 0 Å². The Bertz CT molecular complexity index is 215. The van der Waals surface area contributed by atoms with Crippen molar-refractivity contribution in [3.05, 3.63) is 11.8 Å². The summed E-state index contributed by atoms with van der Waals surface area (Å²) >= 11 is 0. The smallest absolute Gasteiger partial charge is 0.294 e. The first-order valence-corrected chi connectivity index (χ1v) is 5.31. The van der Waals surface area contributed by atoms with Crippen LogP contribution in [0.3, 0.4) is 0 Å². The Labute approximate surface area is 56.5 Å². The molecule has 0 aromatic heterocycles. The molecule has 2 nitrogen and oxygen atoms in total. The number of hydrogen-bond acceptors (Lipinski definition) is 1. The molecule has 0 saturated carbocycles. The van der Waals surface area contributed by atoms with Crippen molar-refractivity contribution in [3.8, 4) is 0 Å². The zero-order chi connectivity index (χ0) is 6.69. The maximum Gasteiger partial charge on any atom is 0.294 e. The summed E-state index contributed by atoms with van der Waals surface area (Å²) in [7, 11) is -0.670. The topological polar surface area (TPSA) is 37.3 Å². The molecule has 0 bridgehead atoms. The van der Waals surface area contributed by atoms with Gasteiger partial charge in [0.05, 0.1) is 0 Å². The van der Waals surface area contributed by atoms with Crippen molar-refractivity contribution < 1.29 is 9.90 Å². The van der Waals surface area contributed by atoms with Crippen molar-refractivity contribution in [1.82, 2.24) is 0 Å². The maximum atomic E-state index is 10.3. The first-order chi connectivity index (χ1) is 4.30. The summed E-state index contributed by atoms with van der Waals surface area (Å²) in [6.45, 7) is 0. The van der Waals surface area contributed by atoms with E-state index in [1.54, 1.807) is 5.67 Å². The molecule has 0 saturated heterocycles. The van der Waals surface area contributed by atoms with E-state index in [-0.39, 0.29) is 0 Å². The van der Waals surface area contributed by atoms with Gasteiger partial charge in [-0.3, -0.25) is 4.79 Å². The Hall–Kier alpha value is -0.616. The molecule has 0 aromatic carbocycles. The molecule has 0 amide bonds. The van der Waals surface area contributed by atoms with Crippen molar-refractivity contribution >= 4 is 34.1 Å². The lowest BCUT2D eigenvalue weighted by molar-refractivity contribution is 0.220. The van der Waals surface area contributed by atoms with E-state index in [1.807, 2.05) is 17.1 Å². The molecule has 0 aromatic rings. The third-order valence-corrected chi connectivity index (χ3v) is 4.30. The van der Waals surface area contributed by atoms with Crippen LogP contribution < -0.4 is 0 Å². The molecule has 0 spiro atoms. The molecular weight excluding hydrogens is 148 g/mol. The van der Waals surface area contributed by atoms with E-state index in [4.69, 9.17) is 5.11 Å². The molecule has 4 heteroatoms. The van der Waals surface area contributed by atoms with Gasteiger partial charge in [0.25, 0.3) is 5.59 Å². The van der Waals surface area contributed by atoms with E-state index in [1.165, 1.54) is 0 Å². The Balaban J connectivity index is 2.84. The van der Waals surface area contributed by atoms with Gasteiger partial charge in [-0.25, -0.2) is 0 Å². The van der Waals surface area contributed by atoms with Crippen molar-refractivity contribution in [2.45, 2.75) is 0 Å². The standard InChI is InChI=1S/C5H5O2Si2/c6-5(7)9-3-1-2-8-4-9/h1-4H,(H,6,7). The quantitative estimate of drug-likeness (QED) is 0.525. The molecular formula is C5H5O2Si2. The van der Waals surface area contributed by atoms with E-state index in [2.05, 4.69) is 0 Å². The fourth-order valence-electron chi connectivity index (χ4n) is 0.526. The molecule has 0 fully saturated rings. The lowest BCUT2D eigenvalue weighted by Crippen LogP contribution is -2.21. The van der Waals surface area contributed by atoms with Crippen LogP contribution in [0, 0.1) is 0 Å². The highest BCUT2D eigenvalue weighted by atomic mass is 28.3. The molecule has 1 radical (unpaired) electrons. The summed E-state index contributed by atoms with van der Waals surface area (Å²) in [6, 6.07) is 0. The summed E-state index contributed by atoms with van der Waals surface area (Å²) in [4.78, 5) is 10.3. The van der Waals surface area contributed by atoms with Crippen molar-refractivity contribution in [2.24, 2.45) is 0 Å². The maximum absolute atomic E-state index is 10.3. The molecule has 1 aliphatic heterocycles. The van der Waals surface area contributed by atoms with Gasteiger partial charge in [0.15, 0.2) is 8.41 Å². The number of carboxylic acid groups (broad SMARTS) is 1. The average Bonchev–Trinajstić information content (AvgIpc) is 1.90. The summed E-state index contributed by atoms with van der Waals surface area (Å²) in [5.74, 6) is 0. The highest BCUT2D eigenvalue weighted by Gasteiger charge is 2.02. The zero-order valence-corrected chi connectivity index (χ0v) is 6.66. The fourth-order valence-corrected chi connectivity index (χ4v) is 3.35. The minimum Gasteiger partial charge on any atom is -0.482 e. The Morgan fingerprint density at radius 2 is 2.44 bits per heavy atom. The third-order valence-electron chi connectivity index (χ3n) is 0.954. The monoisotopic (exact) mass is 153 g/mol. The summed E-state index contributed by atoms with van der Waals surface area (Å²) in [6.07, 6.45) is 1.85. The molecule has 9 heavy (non-hydrogen) atoms. The highest BCUT2D eigenvalue weighted by Crippen LogP contribution is 1.74. The van der Waals surface area contributed by atoms with Crippen molar-refractivity contribution in [3.63, 3.8) is 0 Å². The van der Waals surface area contributed by atoms with Crippen LogP contribution >= 0.6 is 0 Å². The molecule has 0 unspecified atom stereocenters. The average molecular weight is 153 g/mol. The third kappa shape index (κ3) is 1.65. The van der Waals surface area contributed by atoms with Crippen LogP contribution in [0.2, 0.25) is 0 Å². The minimum atomic E-state index is -1.27. The highest BCUT2D eigenvalue weighted by molar-refractivity contribution is 7.15. The summed E-state index contributed by atoms with van der Waals surface area (Å²) in [5.41, 5.74) is 3.11. The molecule has 45 valence electrons. The molecule has 1 N–H and O–H groups in total. The predicted molar refractivity (Wildman–Crippen MR) is 40.8 cm³/mol. The zero-order valence-electron chi connectivity index (χ0n) is 4.66. The second-order valence-electron chi connectivity index (χ2n) is 1.60. The van der Waals surface area contributed by atoms with Crippen molar-refractivity contribution in [1.29, 1.82) is 0 Å². The Morgan fingerprint density at radius 1 is 1.67 bits per heavy atom. The van der Waals surface area contributed by atoms with Gasteiger partial charge in [-0.1, -0.05) is 22.7 Å². The lowest BCUT2D eigenvalue weighted by atomic mass is 10.8. The second-order valence-corrected chi connectivity index (χ2v) is 5.09. The van der Waals surface area contributed by atoms with Gasteiger partial charge in [-0.2, -0.15) is 0 Å². The van der Waals surface area contributed by atoms with Gasteiger partial charge < -0.3 is 5.11 Å². The van der Waals surface area contributed by atoms with Crippen LogP contribution in [0.15, 0.2) is 11.8 Å². The summed E-state index contributed by atoms with van der Waals surface area (Å²) in [5, 5.41) is 10.4. The van der Waals surface area contributed by atoms with Gasteiger partial charge in [0.1, 0.15) is 0 Å². The van der Waals surface area contributed by atoms with E-state index in [0.29, 0.717) is 9.13 Å². The van der Waals surface area contributed by atoms with Crippen LogP contribution in [0.4, 0.5) is 4.79 Å². The first kappa shape index (κ1) is 6.50. The number of hydrogen-bond donors (Lipinski definition) is 1. The Morgan fingerprint density at radius 3 is 2.78 bits per heavy atom. The van der Waals surface area contributed by atoms with Gasteiger partial charge in [-0.05, 0) is 0 Å². The molecule has 1 rings (SSSR count). The number of carbonyl (C=O) groups is 1. The van der Waals surface area contributed by atoms with Gasteiger partial charge >= 0.3 is 0 Å². The largest absolute Gasteiger partial charge is 0.482 e. The molecule has 1 heterocycles. The second kappa shape index (κ2) is 2.79. The number of allylic oxidation sites excluding steroid dienone is 1. The van der Waals surface area contributed by atoms with Gasteiger partial charge in [0, 0.05) is 9.13 Å². The molecule has 1 aliphatic rings. The molecule has 0 atom stereocenters. The van der Waals surface area contributed by atoms with Crippen LogP contribution in [0.5, 0.6) is 0 Å².